The van der Waals surface area contributed by atoms with Gasteiger partial charge in [0.2, 0.25) is 10.9 Å². The van der Waals surface area contributed by atoms with Crippen molar-refractivity contribution in [1.29, 1.82) is 0 Å². The van der Waals surface area contributed by atoms with Crippen molar-refractivity contribution in [2.75, 3.05) is 12.0 Å². The molecule has 12 heteroatoms. The Bertz CT molecular complexity index is 836. The van der Waals surface area contributed by atoms with Gasteiger partial charge in [-0.25, -0.2) is 19.0 Å². The van der Waals surface area contributed by atoms with Crippen molar-refractivity contribution < 1.29 is 12.9 Å². The fraction of sp³-hybridized carbons (Fsp3) is 0.222. The standard InChI is InChI=1S/C9H11N7O3S2/c10-15-7-8(16-3-4-20-9(16)14-7)21(17,18)13-2-1-6-11-5-12-19-6/h3-5,13,15H,1-2,10H2. The number of imidazole rings is 1. The topological polar surface area (TPSA) is 140 Å². The second kappa shape index (κ2) is 5.40. The van der Waals surface area contributed by atoms with Gasteiger partial charge in [0.25, 0.3) is 10.0 Å². The summed E-state index contributed by atoms with van der Waals surface area (Å²) in [6.45, 7) is 0.117. The number of anilines is 1. The van der Waals surface area contributed by atoms with Crippen LogP contribution in [-0.2, 0) is 16.4 Å². The summed E-state index contributed by atoms with van der Waals surface area (Å²) in [5, 5.41) is 5.15. The summed E-state index contributed by atoms with van der Waals surface area (Å²) in [7, 11) is -3.78. The van der Waals surface area contributed by atoms with E-state index in [-0.39, 0.29) is 23.8 Å². The Kier molecular flexibility index (Phi) is 3.59. The number of fused-ring (bicyclic) bond motifs is 1. The Balaban J connectivity index is 1.84. The minimum absolute atomic E-state index is 0.0354. The number of hydrogen-bond donors (Lipinski definition) is 3. The van der Waals surface area contributed by atoms with Gasteiger partial charge in [-0.15, -0.1) is 11.3 Å². The molecule has 0 bridgehead atoms. The number of nitrogens with two attached hydrogens (primary N) is 1. The molecule has 21 heavy (non-hydrogen) atoms. The third-order valence-corrected chi connectivity index (χ3v) is 4.89. The van der Waals surface area contributed by atoms with Crippen LogP contribution < -0.4 is 16.0 Å². The van der Waals surface area contributed by atoms with E-state index < -0.39 is 10.0 Å². The Morgan fingerprint density at radius 2 is 2.33 bits per heavy atom. The van der Waals surface area contributed by atoms with E-state index in [9.17, 15) is 8.42 Å². The van der Waals surface area contributed by atoms with Crippen molar-refractivity contribution in [2.45, 2.75) is 11.4 Å². The van der Waals surface area contributed by atoms with Crippen molar-refractivity contribution in [3.63, 3.8) is 0 Å². The Morgan fingerprint density at radius 3 is 3.05 bits per heavy atom. The van der Waals surface area contributed by atoms with Crippen molar-refractivity contribution in [3.8, 4) is 0 Å². The maximum atomic E-state index is 12.4. The van der Waals surface area contributed by atoms with Gasteiger partial charge in [0.15, 0.2) is 17.1 Å². The third-order valence-electron chi connectivity index (χ3n) is 2.65. The molecule has 0 radical (unpaired) electrons. The van der Waals surface area contributed by atoms with Gasteiger partial charge in [-0.3, -0.25) is 4.40 Å². The summed E-state index contributed by atoms with van der Waals surface area (Å²) >= 11 is 1.31. The molecule has 3 rings (SSSR count). The van der Waals surface area contributed by atoms with Gasteiger partial charge in [0.1, 0.15) is 0 Å². The summed E-state index contributed by atoms with van der Waals surface area (Å²) in [6, 6.07) is 0. The minimum atomic E-state index is -3.78. The molecule has 0 aliphatic rings. The van der Waals surface area contributed by atoms with Crippen LogP contribution >= 0.6 is 11.3 Å². The fourth-order valence-electron chi connectivity index (χ4n) is 1.78. The molecule has 0 fully saturated rings. The Morgan fingerprint density at radius 1 is 1.48 bits per heavy atom. The first-order chi connectivity index (χ1) is 10.1. The van der Waals surface area contributed by atoms with E-state index in [1.54, 1.807) is 11.6 Å². The van der Waals surface area contributed by atoms with Gasteiger partial charge in [0, 0.05) is 24.5 Å². The number of hydrogen-bond acceptors (Lipinski definition) is 9. The van der Waals surface area contributed by atoms with Crippen LogP contribution in [0.5, 0.6) is 0 Å². The summed E-state index contributed by atoms with van der Waals surface area (Å²) in [6.07, 6.45) is 3.16. The number of nitrogens with zero attached hydrogens (tertiary/aromatic N) is 4. The molecule has 0 saturated carbocycles. The number of thiazole rings is 1. The molecule has 4 N–H and O–H groups in total. The number of nitrogen functional groups attached to an aromatic ring is 1. The third kappa shape index (κ3) is 2.61. The van der Waals surface area contributed by atoms with Crippen LogP contribution in [-0.4, -0.2) is 34.5 Å². The highest BCUT2D eigenvalue weighted by atomic mass is 32.2. The van der Waals surface area contributed by atoms with Gasteiger partial charge in [-0.05, 0) is 0 Å². The van der Waals surface area contributed by atoms with E-state index in [1.165, 1.54) is 22.1 Å². The predicted octanol–water partition coefficient (Wildman–Crippen LogP) is -0.415. The van der Waals surface area contributed by atoms with Crippen LogP contribution in [0.1, 0.15) is 5.89 Å². The number of sulfonamides is 1. The highest BCUT2D eigenvalue weighted by Gasteiger charge is 2.25. The molecule has 10 nitrogen and oxygen atoms in total. The maximum absolute atomic E-state index is 12.4. The molecule has 0 amide bonds. The van der Waals surface area contributed by atoms with Crippen molar-refractivity contribution >= 4 is 32.1 Å². The van der Waals surface area contributed by atoms with E-state index in [1.807, 2.05) is 0 Å². The predicted molar refractivity (Wildman–Crippen MR) is 74.1 cm³/mol. The number of hydrazine groups is 1. The quantitative estimate of drug-likeness (QED) is 0.409. The van der Waals surface area contributed by atoms with Crippen molar-refractivity contribution in [3.05, 3.63) is 23.8 Å². The van der Waals surface area contributed by atoms with Gasteiger partial charge >= 0.3 is 0 Å². The van der Waals surface area contributed by atoms with Crippen molar-refractivity contribution in [1.82, 2.24) is 24.2 Å². The summed E-state index contributed by atoms with van der Waals surface area (Å²) < 4.78 is 33.5. The summed E-state index contributed by atoms with van der Waals surface area (Å²) in [5.74, 6) is 5.77. The number of nitrogens with one attached hydrogen (secondary N) is 2. The molecule has 3 aromatic heterocycles. The van der Waals surface area contributed by atoms with E-state index in [4.69, 9.17) is 10.4 Å². The molecular weight excluding hydrogens is 318 g/mol. The molecule has 0 aromatic carbocycles. The first-order valence-corrected chi connectivity index (χ1v) is 8.15. The van der Waals surface area contributed by atoms with Crippen LogP contribution in [0.15, 0.2) is 27.5 Å². The van der Waals surface area contributed by atoms with E-state index >= 15 is 0 Å². The van der Waals surface area contributed by atoms with E-state index in [0.29, 0.717) is 10.9 Å². The highest BCUT2D eigenvalue weighted by molar-refractivity contribution is 7.89. The first kappa shape index (κ1) is 13.9. The molecular formula is C9H11N7O3S2. The number of rotatable bonds is 6. The lowest BCUT2D eigenvalue weighted by Gasteiger charge is -2.06. The van der Waals surface area contributed by atoms with Crippen LogP contribution in [0.3, 0.4) is 0 Å². The lowest BCUT2D eigenvalue weighted by molar-refractivity contribution is 0.377. The molecule has 0 aliphatic heterocycles. The Hall–Kier alpha value is -2.02. The molecule has 0 atom stereocenters. The lowest BCUT2D eigenvalue weighted by atomic mass is 10.4. The Labute approximate surface area is 123 Å². The summed E-state index contributed by atoms with van der Waals surface area (Å²) in [4.78, 5) is 8.44. The smallest absolute Gasteiger partial charge is 0.260 e. The summed E-state index contributed by atoms with van der Waals surface area (Å²) in [5.41, 5.74) is 2.30. The van der Waals surface area contributed by atoms with Crippen molar-refractivity contribution in [2.24, 2.45) is 5.84 Å². The van der Waals surface area contributed by atoms with Crippen LogP contribution in [0.25, 0.3) is 4.96 Å². The molecule has 3 heterocycles. The van der Waals surface area contributed by atoms with Gasteiger partial charge in [0.05, 0.1) is 0 Å². The van der Waals surface area contributed by atoms with E-state index in [0.717, 1.165) is 0 Å². The number of aromatic nitrogens is 4. The molecule has 0 spiro atoms. The van der Waals surface area contributed by atoms with Gasteiger partial charge in [-0.1, -0.05) is 5.16 Å². The largest absolute Gasteiger partial charge is 0.340 e. The highest BCUT2D eigenvalue weighted by Crippen LogP contribution is 2.24. The molecule has 0 unspecified atom stereocenters. The van der Waals surface area contributed by atoms with E-state index in [2.05, 4.69) is 25.3 Å². The second-order valence-electron chi connectivity index (χ2n) is 3.95. The van der Waals surface area contributed by atoms with Gasteiger partial charge < -0.3 is 9.95 Å². The van der Waals surface area contributed by atoms with Crippen LogP contribution in [0, 0.1) is 0 Å². The van der Waals surface area contributed by atoms with Gasteiger partial charge in [-0.2, -0.15) is 9.97 Å². The molecule has 3 aromatic rings. The minimum Gasteiger partial charge on any atom is -0.340 e. The van der Waals surface area contributed by atoms with Crippen LogP contribution in [0.2, 0.25) is 0 Å². The van der Waals surface area contributed by atoms with Crippen LogP contribution in [0.4, 0.5) is 5.82 Å². The average molecular weight is 329 g/mol. The molecule has 0 saturated heterocycles. The zero-order valence-electron chi connectivity index (χ0n) is 10.6. The lowest BCUT2D eigenvalue weighted by Crippen LogP contribution is -2.28. The SMILES string of the molecule is NNc1nc2sccn2c1S(=O)(=O)NCCc1ncno1. The monoisotopic (exact) mass is 329 g/mol. The normalized spacial score (nSPS) is 12.0. The average Bonchev–Trinajstić information content (AvgIpc) is 3.13. The molecule has 0 aliphatic carbocycles. The second-order valence-corrected chi connectivity index (χ2v) is 6.50. The zero-order chi connectivity index (χ0) is 14.9. The first-order valence-electron chi connectivity index (χ1n) is 5.79. The zero-order valence-corrected chi connectivity index (χ0v) is 12.2. The molecule has 112 valence electrons. The fourth-order valence-corrected chi connectivity index (χ4v) is 3.83. The maximum Gasteiger partial charge on any atom is 0.260 e.